The van der Waals surface area contributed by atoms with Gasteiger partial charge in [0.15, 0.2) is 5.78 Å². The van der Waals surface area contributed by atoms with Crippen molar-refractivity contribution in [3.63, 3.8) is 0 Å². The van der Waals surface area contributed by atoms with Crippen molar-refractivity contribution in [3.05, 3.63) is 34.9 Å². The van der Waals surface area contributed by atoms with E-state index in [1.54, 1.807) is 0 Å². The zero-order chi connectivity index (χ0) is 13.2. The van der Waals surface area contributed by atoms with Gasteiger partial charge >= 0.3 is 0 Å². The summed E-state index contributed by atoms with van der Waals surface area (Å²) in [5.41, 5.74) is 3.31. The van der Waals surface area contributed by atoms with Crippen LogP contribution in [0.15, 0.2) is 18.2 Å². The molecular formula is C16H23NO. The van der Waals surface area contributed by atoms with Crippen molar-refractivity contribution < 1.29 is 4.79 Å². The maximum atomic E-state index is 12.4. The van der Waals surface area contributed by atoms with Gasteiger partial charge in [0.1, 0.15) is 0 Å². The summed E-state index contributed by atoms with van der Waals surface area (Å²) in [6.45, 7) is 7.19. The van der Waals surface area contributed by atoms with Gasteiger partial charge in [-0.2, -0.15) is 0 Å². The van der Waals surface area contributed by atoms with Gasteiger partial charge in [0.25, 0.3) is 0 Å². The first kappa shape index (κ1) is 13.3. The Morgan fingerprint density at radius 1 is 1.22 bits per heavy atom. The Labute approximate surface area is 110 Å². The average Bonchev–Trinajstić information content (AvgIpc) is 2.28. The summed E-state index contributed by atoms with van der Waals surface area (Å²) in [6.07, 6.45) is 3.86. The Kier molecular flexibility index (Phi) is 3.86. The van der Waals surface area contributed by atoms with Crippen LogP contribution in [0.1, 0.15) is 42.9 Å². The fourth-order valence-electron chi connectivity index (χ4n) is 2.85. The molecule has 1 N–H and O–H groups in total. The van der Waals surface area contributed by atoms with Crippen LogP contribution in [0.5, 0.6) is 0 Å². The molecule has 0 saturated carbocycles. The number of nitrogens with one attached hydrogen (secondary N) is 1. The van der Waals surface area contributed by atoms with Crippen LogP contribution in [0.25, 0.3) is 0 Å². The van der Waals surface area contributed by atoms with E-state index in [1.807, 2.05) is 0 Å². The fraction of sp³-hybridized carbons (Fsp3) is 0.562. The van der Waals surface area contributed by atoms with Crippen LogP contribution in [-0.2, 0) is 11.2 Å². The number of benzene rings is 1. The van der Waals surface area contributed by atoms with Crippen LogP contribution in [0.3, 0.4) is 0 Å². The van der Waals surface area contributed by atoms with Crippen molar-refractivity contribution >= 4 is 5.78 Å². The molecule has 0 amide bonds. The molecule has 1 heterocycles. The molecule has 1 saturated heterocycles. The predicted molar refractivity (Wildman–Crippen MR) is 74.9 cm³/mol. The number of rotatable bonds is 3. The topological polar surface area (TPSA) is 29.1 Å². The molecule has 2 rings (SSSR count). The zero-order valence-corrected chi connectivity index (χ0v) is 11.7. The zero-order valence-electron chi connectivity index (χ0n) is 11.7. The third kappa shape index (κ3) is 2.99. The van der Waals surface area contributed by atoms with E-state index in [2.05, 4.69) is 44.3 Å². The Morgan fingerprint density at radius 2 is 1.89 bits per heavy atom. The molecule has 18 heavy (non-hydrogen) atoms. The first-order valence-corrected chi connectivity index (χ1v) is 6.85. The van der Waals surface area contributed by atoms with Crippen LogP contribution < -0.4 is 5.32 Å². The van der Waals surface area contributed by atoms with Gasteiger partial charge in [-0.15, -0.1) is 0 Å². The number of carbonyl (C=O) groups excluding carboxylic acids is 1. The molecule has 1 aromatic carbocycles. The molecule has 1 fully saturated rings. The van der Waals surface area contributed by atoms with Crippen LogP contribution in [0.2, 0.25) is 0 Å². The lowest BCUT2D eigenvalue weighted by Crippen LogP contribution is -2.52. The Morgan fingerprint density at radius 3 is 2.44 bits per heavy atom. The lowest BCUT2D eigenvalue weighted by molar-refractivity contribution is -0.125. The number of hydrogen-bond acceptors (Lipinski definition) is 2. The maximum Gasteiger partial charge on any atom is 0.156 e. The molecule has 0 bridgehead atoms. The number of piperidine rings is 1. The van der Waals surface area contributed by atoms with E-state index in [1.165, 1.54) is 17.5 Å². The SMILES string of the molecule is Cc1cc(C)cc(CC(=O)C2(C)CCCCN2)c1. The standard InChI is InChI=1S/C16H23NO/c1-12-8-13(2)10-14(9-12)11-15(18)16(3)6-4-5-7-17-16/h8-10,17H,4-7,11H2,1-3H3. The first-order chi connectivity index (χ1) is 8.49. The highest BCUT2D eigenvalue weighted by molar-refractivity contribution is 5.90. The van der Waals surface area contributed by atoms with Gasteiger partial charge in [0.05, 0.1) is 5.54 Å². The number of Topliss-reactive ketones (excluding diaryl/α,β-unsaturated/α-hetero) is 1. The number of carbonyl (C=O) groups is 1. The quantitative estimate of drug-likeness (QED) is 0.887. The molecule has 2 nitrogen and oxygen atoms in total. The van der Waals surface area contributed by atoms with E-state index < -0.39 is 0 Å². The average molecular weight is 245 g/mol. The van der Waals surface area contributed by atoms with Crippen molar-refractivity contribution in [1.82, 2.24) is 5.32 Å². The van der Waals surface area contributed by atoms with Crippen molar-refractivity contribution in [3.8, 4) is 0 Å². The van der Waals surface area contributed by atoms with E-state index in [9.17, 15) is 4.79 Å². The largest absolute Gasteiger partial charge is 0.305 e. The highest BCUT2D eigenvalue weighted by Crippen LogP contribution is 2.22. The van der Waals surface area contributed by atoms with E-state index in [0.717, 1.165) is 24.9 Å². The van der Waals surface area contributed by atoms with Crippen LogP contribution in [-0.4, -0.2) is 17.9 Å². The van der Waals surface area contributed by atoms with E-state index in [4.69, 9.17) is 0 Å². The number of aryl methyl sites for hydroxylation is 2. The smallest absolute Gasteiger partial charge is 0.156 e. The monoisotopic (exact) mass is 245 g/mol. The summed E-state index contributed by atoms with van der Waals surface area (Å²) in [4.78, 5) is 12.4. The summed E-state index contributed by atoms with van der Waals surface area (Å²) in [5.74, 6) is 0.326. The summed E-state index contributed by atoms with van der Waals surface area (Å²) < 4.78 is 0. The van der Waals surface area contributed by atoms with E-state index >= 15 is 0 Å². The van der Waals surface area contributed by atoms with Gasteiger partial charge in [-0.1, -0.05) is 29.3 Å². The fourth-order valence-corrected chi connectivity index (χ4v) is 2.85. The molecule has 1 atom stereocenters. The summed E-state index contributed by atoms with van der Waals surface area (Å²) in [5, 5.41) is 3.40. The summed E-state index contributed by atoms with van der Waals surface area (Å²) in [7, 11) is 0. The Bertz CT molecular complexity index is 424. The second kappa shape index (κ2) is 5.23. The summed E-state index contributed by atoms with van der Waals surface area (Å²) in [6, 6.07) is 6.39. The van der Waals surface area contributed by atoms with Crippen molar-refractivity contribution in [2.45, 2.75) is 52.0 Å². The molecule has 1 aliphatic heterocycles. The molecular weight excluding hydrogens is 222 g/mol. The number of hydrogen-bond donors (Lipinski definition) is 1. The van der Waals surface area contributed by atoms with Crippen molar-refractivity contribution in [1.29, 1.82) is 0 Å². The molecule has 1 unspecified atom stereocenters. The highest BCUT2D eigenvalue weighted by Gasteiger charge is 2.33. The molecule has 0 spiro atoms. The second-order valence-corrected chi connectivity index (χ2v) is 5.81. The Hall–Kier alpha value is -1.15. The van der Waals surface area contributed by atoms with Gasteiger partial charge in [-0.25, -0.2) is 0 Å². The minimum Gasteiger partial charge on any atom is -0.305 e. The molecule has 98 valence electrons. The normalized spacial score (nSPS) is 23.9. The highest BCUT2D eigenvalue weighted by atomic mass is 16.1. The van der Waals surface area contributed by atoms with Gasteiger partial charge in [-0.3, -0.25) is 4.79 Å². The number of ketones is 1. The van der Waals surface area contributed by atoms with Gasteiger partial charge in [0.2, 0.25) is 0 Å². The Balaban J connectivity index is 2.10. The third-order valence-corrected chi connectivity index (χ3v) is 3.88. The van der Waals surface area contributed by atoms with Crippen molar-refractivity contribution in [2.24, 2.45) is 0 Å². The van der Waals surface area contributed by atoms with Gasteiger partial charge in [-0.05, 0) is 52.1 Å². The molecule has 0 aliphatic carbocycles. The molecule has 1 aliphatic rings. The van der Waals surface area contributed by atoms with Gasteiger partial charge in [0, 0.05) is 6.42 Å². The minimum absolute atomic E-state index is 0.310. The maximum absolute atomic E-state index is 12.4. The van der Waals surface area contributed by atoms with Crippen LogP contribution >= 0.6 is 0 Å². The molecule has 0 aromatic heterocycles. The van der Waals surface area contributed by atoms with Crippen LogP contribution in [0, 0.1) is 13.8 Å². The second-order valence-electron chi connectivity index (χ2n) is 5.81. The third-order valence-electron chi connectivity index (χ3n) is 3.88. The van der Waals surface area contributed by atoms with Crippen molar-refractivity contribution in [2.75, 3.05) is 6.54 Å². The lowest BCUT2D eigenvalue weighted by Gasteiger charge is -2.33. The summed E-state index contributed by atoms with van der Waals surface area (Å²) >= 11 is 0. The minimum atomic E-state index is -0.310. The predicted octanol–water partition coefficient (Wildman–Crippen LogP) is 2.95. The van der Waals surface area contributed by atoms with E-state index in [-0.39, 0.29) is 5.54 Å². The molecule has 2 heteroatoms. The van der Waals surface area contributed by atoms with E-state index in [0.29, 0.717) is 12.2 Å². The molecule has 1 aromatic rings. The first-order valence-electron chi connectivity index (χ1n) is 6.85. The van der Waals surface area contributed by atoms with Gasteiger partial charge < -0.3 is 5.32 Å². The molecule has 0 radical (unpaired) electrons. The van der Waals surface area contributed by atoms with Crippen LogP contribution in [0.4, 0.5) is 0 Å². The lowest BCUT2D eigenvalue weighted by atomic mass is 9.84.